The molecule has 0 aliphatic rings. The Morgan fingerprint density at radius 3 is 2.18 bits per heavy atom. The van der Waals surface area contributed by atoms with E-state index in [-0.39, 0.29) is 31.1 Å². The maximum Gasteiger partial charge on any atom is 0.418 e. The molecule has 0 fully saturated rings. The Hall–Kier alpha value is -2.58. The van der Waals surface area contributed by atoms with Gasteiger partial charge in [0.2, 0.25) is 11.8 Å². The SMILES string of the molecule is CN(CCC(=O)Nc1ccccc1Cl)CC(=O)Nc1ccccc1C(F)(F)F. The number of hydrogen-bond acceptors (Lipinski definition) is 3. The van der Waals surface area contributed by atoms with Crippen LogP contribution in [0.25, 0.3) is 0 Å². The van der Waals surface area contributed by atoms with E-state index in [1.807, 2.05) is 0 Å². The van der Waals surface area contributed by atoms with Crippen LogP contribution in [0.15, 0.2) is 48.5 Å². The van der Waals surface area contributed by atoms with Crippen LogP contribution in [0.5, 0.6) is 0 Å². The average Bonchev–Trinajstić information content (AvgIpc) is 2.61. The molecule has 0 aliphatic heterocycles. The molecule has 0 atom stereocenters. The molecule has 0 aliphatic carbocycles. The van der Waals surface area contributed by atoms with Crippen LogP contribution in [-0.4, -0.2) is 36.9 Å². The van der Waals surface area contributed by atoms with Crippen LogP contribution in [0.1, 0.15) is 12.0 Å². The molecule has 0 heterocycles. The van der Waals surface area contributed by atoms with Crippen molar-refractivity contribution in [3.63, 3.8) is 0 Å². The van der Waals surface area contributed by atoms with E-state index >= 15 is 0 Å². The van der Waals surface area contributed by atoms with E-state index in [9.17, 15) is 22.8 Å². The summed E-state index contributed by atoms with van der Waals surface area (Å²) in [7, 11) is 1.60. The van der Waals surface area contributed by atoms with Crippen molar-refractivity contribution in [3.8, 4) is 0 Å². The number of carbonyl (C=O) groups excluding carboxylic acids is 2. The highest BCUT2D eigenvalue weighted by Crippen LogP contribution is 2.34. The summed E-state index contributed by atoms with van der Waals surface area (Å²) < 4.78 is 38.9. The second kappa shape index (κ2) is 9.57. The zero-order valence-electron chi connectivity index (χ0n) is 15.0. The second-order valence-corrected chi connectivity index (χ2v) is 6.51. The zero-order valence-corrected chi connectivity index (χ0v) is 15.8. The maximum absolute atomic E-state index is 13.0. The highest BCUT2D eigenvalue weighted by atomic mass is 35.5. The molecule has 2 aromatic rings. The first-order valence-electron chi connectivity index (χ1n) is 8.36. The fraction of sp³-hybridized carbons (Fsp3) is 0.263. The molecular weight excluding hydrogens is 395 g/mol. The number of halogens is 4. The number of alkyl halides is 3. The number of carbonyl (C=O) groups is 2. The Balaban J connectivity index is 1.83. The second-order valence-electron chi connectivity index (χ2n) is 6.11. The summed E-state index contributed by atoms with van der Waals surface area (Å²) >= 11 is 5.96. The summed E-state index contributed by atoms with van der Waals surface area (Å²) in [6, 6.07) is 11.5. The van der Waals surface area contributed by atoms with Gasteiger partial charge in [-0.25, -0.2) is 0 Å². The van der Waals surface area contributed by atoms with Crippen molar-refractivity contribution >= 4 is 34.8 Å². The predicted octanol–water partition coefficient (Wildman–Crippen LogP) is 4.26. The number of rotatable bonds is 7. The summed E-state index contributed by atoms with van der Waals surface area (Å²) in [6.07, 6.45) is -4.47. The van der Waals surface area contributed by atoms with Crippen molar-refractivity contribution in [2.75, 3.05) is 30.8 Å². The minimum absolute atomic E-state index is 0.0914. The molecule has 0 aromatic heterocycles. The number of likely N-dealkylation sites (N-methyl/N-ethyl adjacent to an activating group) is 1. The molecule has 150 valence electrons. The molecule has 2 N–H and O–H groups in total. The molecule has 5 nitrogen and oxygen atoms in total. The largest absolute Gasteiger partial charge is 0.418 e. The number of amides is 2. The number of benzene rings is 2. The van der Waals surface area contributed by atoms with Gasteiger partial charge in [-0.2, -0.15) is 13.2 Å². The van der Waals surface area contributed by atoms with Crippen LogP contribution < -0.4 is 10.6 Å². The highest BCUT2D eigenvalue weighted by Gasteiger charge is 2.33. The normalized spacial score (nSPS) is 11.4. The first kappa shape index (κ1) is 21.7. The molecule has 0 radical (unpaired) electrons. The van der Waals surface area contributed by atoms with E-state index in [4.69, 9.17) is 11.6 Å². The van der Waals surface area contributed by atoms with Crippen molar-refractivity contribution in [1.82, 2.24) is 4.90 Å². The number of nitrogens with one attached hydrogen (secondary N) is 2. The Morgan fingerprint density at radius 1 is 0.964 bits per heavy atom. The van der Waals surface area contributed by atoms with Gasteiger partial charge in [-0.05, 0) is 31.3 Å². The predicted molar refractivity (Wildman–Crippen MR) is 102 cm³/mol. The highest BCUT2D eigenvalue weighted by molar-refractivity contribution is 6.33. The standard InChI is InChI=1S/C19H19ClF3N3O2/c1-26(11-10-17(27)25-16-9-5-3-7-14(16)20)12-18(28)24-15-8-4-2-6-13(15)19(21,22)23/h2-9H,10-12H2,1H3,(H,24,28)(H,25,27). The zero-order chi connectivity index (χ0) is 20.7. The average molecular weight is 414 g/mol. The van der Waals surface area contributed by atoms with Crippen LogP contribution in [-0.2, 0) is 15.8 Å². The molecule has 0 bridgehead atoms. The molecule has 0 saturated heterocycles. The summed E-state index contributed by atoms with van der Waals surface area (Å²) in [5.41, 5.74) is -0.728. The van der Waals surface area contributed by atoms with E-state index in [0.29, 0.717) is 10.7 Å². The molecule has 0 spiro atoms. The van der Waals surface area contributed by atoms with Gasteiger partial charge in [-0.15, -0.1) is 0 Å². The minimum atomic E-state index is -4.56. The first-order chi connectivity index (χ1) is 13.2. The van der Waals surface area contributed by atoms with Crippen LogP contribution in [0.3, 0.4) is 0 Å². The number of hydrogen-bond donors (Lipinski definition) is 2. The third kappa shape index (κ3) is 6.54. The van der Waals surface area contributed by atoms with Gasteiger partial charge in [0.05, 0.1) is 28.5 Å². The summed E-state index contributed by atoms with van der Waals surface area (Å²) in [4.78, 5) is 25.6. The monoisotopic (exact) mass is 413 g/mol. The quantitative estimate of drug-likeness (QED) is 0.713. The third-order valence-electron chi connectivity index (χ3n) is 3.79. The molecule has 2 rings (SSSR count). The Bertz CT molecular complexity index is 843. The summed E-state index contributed by atoms with van der Waals surface area (Å²) in [6.45, 7) is 0.0796. The van der Waals surface area contributed by atoms with Gasteiger partial charge in [-0.3, -0.25) is 14.5 Å². The van der Waals surface area contributed by atoms with Gasteiger partial charge < -0.3 is 10.6 Å². The van der Waals surface area contributed by atoms with Gasteiger partial charge in [0, 0.05) is 13.0 Å². The van der Waals surface area contributed by atoms with Crippen molar-refractivity contribution in [2.24, 2.45) is 0 Å². The first-order valence-corrected chi connectivity index (χ1v) is 8.73. The minimum Gasteiger partial charge on any atom is -0.325 e. The molecule has 0 saturated carbocycles. The van der Waals surface area contributed by atoms with Crippen LogP contribution in [0.4, 0.5) is 24.5 Å². The smallest absolute Gasteiger partial charge is 0.325 e. The van der Waals surface area contributed by atoms with Crippen molar-refractivity contribution in [3.05, 3.63) is 59.1 Å². The van der Waals surface area contributed by atoms with Crippen molar-refractivity contribution in [1.29, 1.82) is 0 Å². The number of nitrogens with zero attached hydrogens (tertiary/aromatic N) is 1. The lowest BCUT2D eigenvalue weighted by atomic mass is 10.1. The maximum atomic E-state index is 13.0. The van der Waals surface area contributed by atoms with Gasteiger partial charge in [0.25, 0.3) is 0 Å². The molecule has 0 unspecified atom stereocenters. The Kier molecular flexibility index (Phi) is 7.42. The van der Waals surface area contributed by atoms with Gasteiger partial charge in [-0.1, -0.05) is 35.9 Å². The van der Waals surface area contributed by atoms with Crippen molar-refractivity contribution < 1.29 is 22.8 Å². The number of anilines is 2. The lowest BCUT2D eigenvalue weighted by molar-refractivity contribution is -0.137. The van der Waals surface area contributed by atoms with E-state index in [1.54, 1.807) is 31.3 Å². The summed E-state index contributed by atoms with van der Waals surface area (Å²) in [5.74, 6) is -0.895. The molecular formula is C19H19ClF3N3O2. The van der Waals surface area contributed by atoms with E-state index < -0.39 is 17.6 Å². The molecule has 9 heteroatoms. The van der Waals surface area contributed by atoms with Crippen molar-refractivity contribution in [2.45, 2.75) is 12.6 Å². The van der Waals surface area contributed by atoms with Crippen LogP contribution in [0, 0.1) is 0 Å². The van der Waals surface area contributed by atoms with Gasteiger partial charge >= 0.3 is 6.18 Å². The van der Waals surface area contributed by atoms with E-state index in [1.165, 1.54) is 23.1 Å². The van der Waals surface area contributed by atoms with Gasteiger partial charge in [0.15, 0.2) is 0 Å². The number of para-hydroxylation sites is 2. The lowest BCUT2D eigenvalue weighted by Crippen LogP contribution is -2.33. The Labute approximate surface area is 165 Å². The fourth-order valence-corrected chi connectivity index (χ4v) is 2.60. The van der Waals surface area contributed by atoms with Crippen LogP contribution >= 0.6 is 11.6 Å². The van der Waals surface area contributed by atoms with Crippen LogP contribution in [0.2, 0.25) is 5.02 Å². The van der Waals surface area contributed by atoms with Gasteiger partial charge in [0.1, 0.15) is 0 Å². The Morgan fingerprint density at radius 2 is 1.54 bits per heavy atom. The summed E-state index contributed by atoms with van der Waals surface area (Å²) in [5, 5.41) is 5.33. The lowest BCUT2D eigenvalue weighted by Gasteiger charge is -2.18. The molecule has 28 heavy (non-hydrogen) atoms. The fourth-order valence-electron chi connectivity index (χ4n) is 2.42. The van der Waals surface area contributed by atoms with E-state index in [2.05, 4.69) is 10.6 Å². The molecule has 2 amide bonds. The van der Waals surface area contributed by atoms with E-state index in [0.717, 1.165) is 6.07 Å². The molecule has 2 aromatic carbocycles. The topological polar surface area (TPSA) is 61.4 Å². The third-order valence-corrected chi connectivity index (χ3v) is 4.12.